The molecule has 154 valence electrons. The normalized spacial score (nSPS) is 11.5. The van der Waals surface area contributed by atoms with E-state index in [4.69, 9.17) is 0 Å². The second kappa shape index (κ2) is 10.3. The summed E-state index contributed by atoms with van der Waals surface area (Å²) in [5.74, 6) is -0.813. The van der Waals surface area contributed by atoms with E-state index in [1.165, 1.54) is 24.0 Å². The van der Waals surface area contributed by atoms with E-state index in [-0.39, 0.29) is 24.2 Å². The van der Waals surface area contributed by atoms with Crippen LogP contribution in [0.3, 0.4) is 0 Å². The lowest BCUT2D eigenvalue weighted by molar-refractivity contribution is -0.140. The predicted octanol–water partition coefficient (Wildman–Crippen LogP) is 4.27. The maximum absolute atomic E-state index is 13.3. The van der Waals surface area contributed by atoms with Crippen LogP contribution < -0.4 is 5.32 Å². The summed E-state index contributed by atoms with van der Waals surface area (Å²) >= 11 is 0. The van der Waals surface area contributed by atoms with Crippen molar-refractivity contribution in [2.45, 2.75) is 25.9 Å². The molecule has 0 unspecified atom stereocenters. The zero-order valence-electron chi connectivity index (χ0n) is 16.9. The van der Waals surface area contributed by atoms with Gasteiger partial charge >= 0.3 is 0 Å². The van der Waals surface area contributed by atoms with E-state index < -0.39 is 6.04 Å². The zero-order chi connectivity index (χ0) is 21.3. The monoisotopic (exact) mass is 404 g/mol. The molecule has 3 rings (SSSR count). The van der Waals surface area contributed by atoms with E-state index in [2.05, 4.69) is 5.32 Å². The van der Waals surface area contributed by atoms with Crippen molar-refractivity contribution in [3.05, 3.63) is 107 Å². The first-order valence-corrected chi connectivity index (χ1v) is 9.93. The highest BCUT2D eigenvalue weighted by molar-refractivity contribution is 5.88. The Hall–Kier alpha value is -3.47. The number of rotatable bonds is 8. The molecule has 3 aromatic carbocycles. The van der Waals surface area contributed by atoms with Gasteiger partial charge in [0.25, 0.3) is 0 Å². The minimum Gasteiger partial charge on any atom is -0.354 e. The van der Waals surface area contributed by atoms with Gasteiger partial charge in [-0.25, -0.2) is 4.39 Å². The van der Waals surface area contributed by atoms with Gasteiger partial charge in [0.2, 0.25) is 11.8 Å². The van der Waals surface area contributed by atoms with E-state index in [1.807, 2.05) is 60.7 Å². The molecule has 0 saturated carbocycles. The van der Waals surface area contributed by atoms with Gasteiger partial charge in [-0.15, -0.1) is 0 Å². The summed E-state index contributed by atoms with van der Waals surface area (Å²) in [6.45, 7) is 2.12. The van der Waals surface area contributed by atoms with Crippen LogP contribution in [0.2, 0.25) is 0 Å². The second-order valence-corrected chi connectivity index (χ2v) is 7.11. The summed E-state index contributed by atoms with van der Waals surface area (Å²) in [4.78, 5) is 27.2. The molecular weight excluding hydrogens is 379 g/mol. The predicted molar refractivity (Wildman–Crippen MR) is 115 cm³/mol. The standard InChI is InChI=1S/C25H25FN2O2/c1-19(29)28(18-21-12-14-23(26)15-13-21)24(22-10-6-3-7-11-22)25(30)27-17-16-20-8-4-2-5-9-20/h2-15,24H,16-18H2,1H3,(H,27,30)/t24-/m0/s1. The van der Waals surface area contributed by atoms with Gasteiger partial charge in [-0.05, 0) is 35.2 Å². The van der Waals surface area contributed by atoms with Crippen molar-refractivity contribution < 1.29 is 14.0 Å². The first-order chi connectivity index (χ1) is 14.5. The number of hydrogen-bond donors (Lipinski definition) is 1. The third-order valence-electron chi connectivity index (χ3n) is 4.90. The Bertz CT molecular complexity index is 959. The van der Waals surface area contributed by atoms with Crippen LogP contribution in [0.25, 0.3) is 0 Å². The second-order valence-electron chi connectivity index (χ2n) is 7.11. The molecule has 0 radical (unpaired) electrons. The van der Waals surface area contributed by atoms with Gasteiger partial charge in [0.05, 0.1) is 0 Å². The number of carbonyl (C=O) groups is 2. The Balaban J connectivity index is 1.79. The number of nitrogens with one attached hydrogen (secondary N) is 1. The molecule has 0 bridgehead atoms. The molecule has 0 aliphatic heterocycles. The van der Waals surface area contributed by atoms with Gasteiger partial charge in [0.1, 0.15) is 11.9 Å². The number of halogens is 1. The van der Waals surface area contributed by atoms with E-state index in [1.54, 1.807) is 12.1 Å². The summed E-state index contributed by atoms with van der Waals surface area (Å²) in [6.07, 6.45) is 0.701. The smallest absolute Gasteiger partial charge is 0.247 e. The lowest BCUT2D eigenvalue weighted by atomic mass is 10.0. The summed E-state index contributed by atoms with van der Waals surface area (Å²) in [6, 6.07) is 24.3. The van der Waals surface area contributed by atoms with E-state index >= 15 is 0 Å². The van der Waals surface area contributed by atoms with Crippen molar-refractivity contribution in [1.82, 2.24) is 10.2 Å². The van der Waals surface area contributed by atoms with Crippen LogP contribution in [-0.4, -0.2) is 23.3 Å². The van der Waals surface area contributed by atoms with E-state index in [9.17, 15) is 14.0 Å². The molecule has 3 aromatic rings. The molecule has 1 atom stereocenters. The Morgan fingerprint density at radius 1 is 0.867 bits per heavy atom. The van der Waals surface area contributed by atoms with Crippen LogP contribution >= 0.6 is 0 Å². The van der Waals surface area contributed by atoms with Crippen molar-refractivity contribution in [2.75, 3.05) is 6.54 Å². The highest BCUT2D eigenvalue weighted by Gasteiger charge is 2.29. The van der Waals surface area contributed by atoms with Gasteiger partial charge in [-0.2, -0.15) is 0 Å². The minimum absolute atomic E-state index is 0.210. The third-order valence-corrected chi connectivity index (χ3v) is 4.90. The summed E-state index contributed by atoms with van der Waals surface area (Å²) in [5, 5.41) is 2.97. The first-order valence-electron chi connectivity index (χ1n) is 9.93. The summed E-state index contributed by atoms with van der Waals surface area (Å²) in [5.41, 5.74) is 2.61. The molecule has 1 N–H and O–H groups in total. The largest absolute Gasteiger partial charge is 0.354 e. The van der Waals surface area contributed by atoms with Gasteiger partial charge in [-0.3, -0.25) is 9.59 Å². The minimum atomic E-state index is -0.774. The first kappa shape index (κ1) is 21.2. The van der Waals surface area contributed by atoms with E-state index in [0.29, 0.717) is 13.0 Å². The number of nitrogens with zero attached hydrogens (tertiary/aromatic N) is 1. The molecular formula is C25H25FN2O2. The molecule has 0 fully saturated rings. The van der Waals surface area contributed by atoms with Crippen LogP contribution in [0.4, 0.5) is 4.39 Å². The number of amides is 2. The van der Waals surface area contributed by atoms with Gasteiger partial charge < -0.3 is 10.2 Å². The van der Waals surface area contributed by atoms with Gasteiger partial charge in [0.15, 0.2) is 0 Å². The molecule has 0 spiro atoms. The van der Waals surface area contributed by atoms with Crippen LogP contribution in [0, 0.1) is 5.82 Å². The van der Waals surface area contributed by atoms with Crippen LogP contribution in [0.5, 0.6) is 0 Å². The zero-order valence-corrected chi connectivity index (χ0v) is 16.9. The topological polar surface area (TPSA) is 49.4 Å². The SMILES string of the molecule is CC(=O)N(Cc1ccc(F)cc1)[C@H](C(=O)NCCc1ccccc1)c1ccccc1. The molecule has 5 heteroatoms. The Kier molecular flexibility index (Phi) is 7.33. The Morgan fingerprint density at radius 2 is 1.47 bits per heavy atom. The average molecular weight is 404 g/mol. The third kappa shape index (κ3) is 5.77. The number of benzene rings is 3. The molecule has 0 aliphatic carbocycles. The van der Waals surface area contributed by atoms with Crippen molar-refractivity contribution >= 4 is 11.8 Å². The van der Waals surface area contributed by atoms with Crippen LogP contribution in [-0.2, 0) is 22.6 Å². The van der Waals surface area contributed by atoms with E-state index in [0.717, 1.165) is 16.7 Å². The number of hydrogen-bond acceptors (Lipinski definition) is 2. The maximum atomic E-state index is 13.3. The molecule has 0 aromatic heterocycles. The van der Waals surface area contributed by atoms with Gasteiger partial charge in [-0.1, -0.05) is 72.8 Å². The average Bonchev–Trinajstić information content (AvgIpc) is 2.76. The van der Waals surface area contributed by atoms with Crippen molar-refractivity contribution in [2.24, 2.45) is 0 Å². The van der Waals surface area contributed by atoms with Crippen molar-refractivity contribution in [3.8, 4) is 0 Å². The lowest BCUT2D eigenvalue weighted by Crippen LogP contribution is -2.43. The van der Waals surface area contributed by atoms with Gasteiger partial charge in [0, 0.05) is 20.0 Å². The molecule has 0 aliphatic rings. The molecule has 30 heavy (non-hydrogen) atoms. The van der Waals surface area contributed by atoms with Crippen LogP contribution in [0.15, 0.2) is 84.9 Å². The molecule has 0 heterocycles. The lowest BCUT2D eigenvalue weighted by Gasteiger charge is -2.30. The molecule has 4 nitrogen and oxygen atoms in total. The number of carbonyl (C=O) groups excluding carboxylic acids is 2. The summed E-state index contributed by atoms with van der Waals surface area (Å²) < 4.78 is 13.3. The fourth-order valence-corrected chi connectivity index (χ4v) is 3.35. The fourth-order valence-electron chi connectivity index (χ4n) is 3.35. The Morgan fingerprint density at radius 3 is 2.07 bits per heavy atom. The highest BCUT2D eigenvalue weighted by Crippen LogP contribution is 2.24. The fraction of sp³-hybridized carbons (Fsp3) is 0.200. The van der Waals surface area contributed by atoms with Crippen LogP contribution in [0.1, 0.15) is 29.7 Å². The Labute approximate surface area is 176 Å². The quantitative estimate of drug-likeness (QED) is 0.609. The summed E-state index contributed by atoms with van der Waals surface area (Å²) in [7, 11) is 0. The van der Waals surface area contributed by atoms with Crippen molar-refractivity contribution in [3.63, 3.8) is 0 Å². The maximum Gasteiger partial charge on any atom is 0.247 e. The highest BCUT2D eigenvalue weighted by atomic mass is 19.1. The molecule has 0 saturated heterocycles. The van der Waals surface area contributed by atoms with Crippen molar-refractivity contribution in [1.29, 1.82) is 0 Å². The molecule has 2 amide bonds.